The molecule has 0 aliphatic carbocycles. The number of aliphatic hydroxyl groups excluding tert-OH is 1. The number of aliphatic hydroxyl groups is 1. The highest BCUT2D eigenvalue weighted by Gasteiger charge is 2.11. The summed E-state index contributed by atoms with van der Waals surface area (Å²) >= 11 is 0. The number of hydrogen-bond donors (Lipinski definition) is 2. The highest BCUT2D eigenvalue weighted by Crippen LogP contribution is 2.31. The van der Waals surface area contributed by atoms with Crippen molar-refractivity contribution in [1.82, 2.24) is 0 Å². The van der Waals surface area contributed by atoms with Crippen LogP contribution in [0.1, 0.15) is 23.6 Å². The molecule has 3 N–H and O–H groups in total. The van der Waals surface area contributed by atoms with E-state index in [1.54, 1.807) is 24.3 Å². The summed E-state index contributed by atoms with van der Waals surface area (Å²) in [5, 5.41) is 19.6. The summed E-state index contributed by atoms with van der Waals surface area (Å²) in [7, 11) is 1.54. The second-order valence-electron chi connectivity index (χ2n) is 5.24. The summed E-state index contributed by atoms with van der Waals surface area (Å²) in [6.45, 7) is 0.276. The molecule has 2 aromatic carbocycles. The van der Waals surface area contributed by atoms with Crippen molar-refractivity contribution in [1.29, 1.82) is 0 Å². The van der Waals surface area contributed by atoms with Crippen LogP contribution in [0.2, 0.25) is 0 Å². The van der Waals surface area contributed by atoms with Gasteiger partial charge in [-0.3, -0.25) is 10.1 Å². The van der Waals surface area contributed by atoms with Crippen LogP contribution in [0.5, 0.6) is 11.5 Å². The fraction of sp³-hybridized carbons (Fsp3) is 0.294. The second-order valence-corrected chi connectivity index (χ2v) is 5.24. The lowest BCUT2D eigenvalue weighted by molar-refractivity contribution is -0.384. The topological polar surface area (TPSA) is 108 Å². The van der Waals surface area contributed by atoms with Crippen molar-refractivity contribution in [2.24, 2.45) is 5.73 Å². The Balaban J connectivity index is 2.07. The Bertz CT molecular complexity index is 688. The molecule has 0 saturated carbocycles. The number of methoxy groups -OCH3 is 1. The molecule has 1 atom stereocenters. The molecular formula is C17H20N2O5. The van der Waals surface area contributed by atoms with Crippen LogP contribution >= 0.6 is 0 Å². The van der Waals surface area contributed by atoms with Gasteiger partial charge < -0.3 is 20.3 Å². The summed E-state index contributed by atoms with van der Waals surface area (Å²) < 4.78 is 11.0. The fourth-order valence-corrected chi connectivity index (χ4v) is 2.21. The van der Waals surface area contributed by atoms with Gasteiger partial charge in [0.25, 0.3) is 5.69 Å². The summed E-state index contributed by atoms with van der Waals surface area (Å²) in [5.41, 5.74) is 7.67. The van der Waals surface area contributed by atoms with Crippen molar-refractivity contribution in [2.75, 3.05) is 13.7 Å². The third-order valence-corrected chi connectivity index (χ3v) is 3.60. The molecule has 0 radical (unpaired) electrons. The van der Waals surface area contributed by atoms with E-state index in [0.29, 0.717) is 17.9 Å². The minimum atomic E-state index is -0.442. The molecule has 0 aromatic heterocycles. The smallest absolute Gasteiger partial charge is 0.269 e. The average Bonchev–Trinajstić information content (AvgIpc) is 2.60. The third-order valence-electron chi connectivity index (χ3n) is 3.60. The molecule has 0 amide bonds. The molecule has 1 unspecified atom stereocenters. The van der Waals surface area contributed by atoms with E-state index < -0.39 is 4.92 Å². The molecule has 0 heterocycles. The van der Waals surface area contributed by atoms with Crippen molar-refractivity contribution < 1.29 is 19.5 Å². The van der Waals surface area contributed by atoms with Crippen LogP contribution in [-0.2, 0) is 6.61 Å². The molecule has 24 heavy (non-hydrogen) atoms. The van der Waals surface area contributed by atoms with E-state index in [9.17, 15) is 10.1 Å². The molecule has 2 aromatic rings. The Hall–Kier alpha value is -2.64. The van der Waals surface area contributed by atoms with Crippen molar-refractivity contribution in [2.45, 2.75) is 19.1 Å². The first-order chi connectivity index (χ1) is 11.5. The molecule has 0 bridgehead atoms. The predicted molar refractivity (Wildman–Crippen MR) is 89.1 cm³/mol. The standard InChI is InChI=1S/C17H20N2O5/c1-23-17-10-13(15(18)8-9-20)4-7-16(17)24-11-12-2-5-14(6-3-12)19(21)22/h2-7,10,15,20H,8-9,11,18H2,1H3. The molecule has 0 spiro atoms. The highest BCUT2D eigenvalue weighted by molar-refractivity contribution is 5.44. The number of hydrogen-bond acceptors (Lipinski definition) is 6. The zero-order valence-corrected chi connectivity index (χ0v) is 13.3. The van der Waals surface area contributed by atoms with Gasteiger partial charge in [0.05, 0.1) is 12.0 Å². The number of ether oxygens (including phenoxy) is 2. The maximum atomic E-state index is 10.6. The van der Waals surface area contributed by atoms with Gasteiger partial charge in [-0.2, -0.15) is 0 Å². The molecule has 0 saturated heterocycles. The number of non-ortho nitro benzene ring substituents is 1. The van der Waals surface area contributed by atoms with E-state index >= 15 is 0 Å². The molecule has 7 heteroatoms. The van der Waals surface area contributed by atoms with Crippen molar-refractivity contribution >= 4 is 5.69 Å². The van der Waals surface area contributed by atoms with Crippen molar-refractivity contribution in [3.8, 4) is 11.5 Å². The normalized spacial score (nSPS) is 11.8. The Morgan fingerprint density at radius 2 is 1.92 bits per heavy atom. The first kappa shape index (κ1) is 17.7. The highest BCUT2D eigenvalue weighted by atomic mass is 16.6. The lowest BCUT2D eigenvalue weighted by Gasteiger charge is -2.15. The van der Waals surface area contributed by atoms with Gasteiger partial charge in [0.2, 0.25) is 0 Å². The van der Waals surface area contributed by atoms with Crippen LogP contribution in [0.3, 0.4) is 0 Å². The van der Waals surface area contributed by atoms with E-state index in [-0.39, 0.29) is 24.9 Å². The summed E-state index contributed by atoms with van der Waals surface area (Å²) in [6.07, 6.45) is 0.464. The third kappa shape index (κ3) is 4.43. The number of nitrogens with zero attached hydrogens (tertiary/aromatic N) is 1. The van der Waals surface area contributed by atoms with Gasteiger partial charge in [-0.15, -0.1) is 0 Å². The number of rotatable bonds is 8. The van der Waals surface area contributed by atoms with Gasteiger partial charge in [-0.05, 0) is 41.8 Å². The predicted octanol–water partition coefficient (Wildman–Crippen LogP) is 2.56. The van der Waals surface area contributed by atoms with Gasteiger partial charge in [-0.25, -0.2) is 0 Å². The number of nitrogens with two attached hydrogens (primary N) is 1. The van der Waals surface area contributed by atoms with Crippen molar-refractivity contribution in [3.05, 3.63) is 63.7 Å². The van der Waals surface area contributed by atoms with Gasteiger partial charge in [0.1, 0.15) is 6.61 Å². The second kappa shape index (κ2) is 8.28. The zero-order chi connectivity index (χ0) is 17.5. The lowest BCUT2D eigenvalue weighted by atomic mass is 10.0. The van der Waals surface area contributed by atoms with Crippen molar-refractivity contribution in [3.63, 3.8) is 0 Å². The van der Waals surface area contributed by atoms with Gasteiger partial charge >= 0.3 is 0 Å². The summed E-state index contributed by atoms with van der Waals surface area (Å²) in [5.74, 6) is 1.10. The minimum Gasteiger partial charge on any atom is -0.493 e. The SMILES string of the molecule is COc1cc(C(N)CCO)ccc1OCc1ccc([N+](=O)[O-])cc1. The quantitative estimate of drug-likeness (QED) is 0.568. The van der Waals surface area contributed by atoms with Crippen LogP contribution in [0.25, 0.3) is 0 Å². The van der Waals surface area contributed by atoms with Crippen LogP contribution in [0.4, 0.5) is 5.69 Å². The van der Waals surface area contributed by atoms with E-state index in [2.05, 4.69) is 0 Å². The molecule has 0 aliphatic rings. The van der Waals surface area contributed by atoms with Crippen LogP contribution in [0, 0.1) is 10.1 Å². The Labute approximate surface area is 139 Å². The maximum Gasteiger partial charge on any atom is 0.269 e. The molecule has 0 fully saturated rings. The fourth-order valence-electron chi connectivity index (χ4n) is 2.21. The number of nitro benzene ring substituents is 1. The van der Waals surface area contributed by atoms with E-state index in [4.69, 9.17) is 20.3 Å². The minimum absolute atomic E-state index is 0.0158. The van der Waals surface area contributed by atoms with E-state index in [1.807, 2.05) is 6.07 Å². The Morgan fingerprint density at radius 3 is 2.50 bits per heavy atom. The number of nitro groups is 1. The molecular weight excluding hydrogens is 312 g/mol. The molecule has 2 rings (SSSR count). The van der Waals surface area contributed by atoms with E-state index in [0.717, 1.165) is 11.1 Å². The largest absolute Gasteiger partial charge is 0.493 e. The maximum absolute atomic E-state index is 10.6. The molecule has 7 nitrogen and oxygen atoms in total. The van der Waals surface area contributed by atoms with Crippen LogP contribution in [0.15, 0.2) is 42.5 Å². The van der Waals surface area contributed by atoms with Gasteiger partial charge in [0, 0.05) is 24.8 Å². The first-order valence-corrected chi connectivity index (χ1v) is 7.45. The average molecular weight is 332 g/mol. The van der Waals surface area contributed by atoms with Gasteiger partial charge in [0.15, 0.2) is 11.5 Å². The molecule has 128 valence electrons. The van der Waals surface area contributed by atoms with Crippen LogP contribution < -0.4 is 15.2 Å². The number of benzene rings is 2. The Morgan fingerprint density at radius 1 is 1.21 bits per heavy atom. The lowest BCUT2D eigenvalue weighted by Crippen LogP contribution is -2.12. The van der Waals surface area contributed by atoms with Crippen LogP contribution in [-0.4, -0.2) is 23.7 Å². The molecule has 0 aliphatic heterocycles. The van der Waals surface area contributed by atoms with E-state index in [1.165, 1.54) is 19.2 Å². The Kier molecular flexibility index (Phi) is 6.11. The zero-order valence-electron chi connectivity index (χ0n) is 13.3. The first-order valence-electron chi connectivity index (χ1n) is 7.45. The summed E-state index contributed by atoms with van der Waals surface area (Å²) in [6, 6.07) is 11.3. The van der Waals surface area contributed by atoms with Gasteiger partial charge in [-0.1, -0.05) is 6.07 Å². The monoisotopic (exact) mass is 332 g/mol. The summed E-state index contributed by atoms with van der Waals surface area (Å²) in [4.78, 5) is 10.2.